The molecular weight excluding hydrogens is 391 g/mol. The molecule has 0 fully saturated rings. The topological polar surface area (TPSA) is 73.0 Å². The number of hydrogen-bond donors (Lipinski definition) is 0. The fraction of sp³-hybridized carbons (Fsp3) is 0.286. The van der Waals surface area contributed by atoms with Crippen LogP contribution in [0.5, 0.6) is 5.75 Å². The molecule has 0 spiro atoms. The molecule has 0 amide bonds. The molecule has 0 aliphatic heterocycles. The van der Waals surface area contributed by atoms with Gasteiger partial charge in [0.05, 0.1) is 24.3 Å². The van der Waals surface area contributed by atoms with Crippen LogP contribution in [0.1, 0.15) is 29.9 Å². The molecule has 0 radical (unpaired) electrons. The van der Waals surface area contributed by atoms with Gasteiger partial charge in [-0.3, -0.25) is 4.57 Å². The largest absolute Gasteiger partial charge is 0.483 e. The SMILES string of the molecule is COC[C@H](C)n1c(COc2ccccc2F)nnc1SCc1ccc(C#N)cc1. The summed E-state index contributed by atoms with van der Waals surface area (Å²) < 4.78 is 26.7. The molecule has 0 saturated carbocycles. The lowest BCUT2D eigenvalue weighted by Crippen LogP contribution is -2.16. The molecule has 0 bridgehead atoms. The van der Waals surface area contributed by atoms with Gasteiger partial charge in [0.1, 0.15) is 6.61 Å². The number of nitriles is 1. The van der Waals surface area contributed by atoms with E-state index in [1.54, 1.807) is 37.4 Å². The average Bonchev–Trinajstić information content (AvgIpc) is 3.15. The summed E-state index contributed by atoms with van der Waals surface area (Å²) >= 11 is 1.53. The van der Waals surface area contributed by atoms with E-state index < -0.39 is 5.82 Å². The van der Waals surface area contributed by atoms with Gasteiger partial charge in [0.25, 0.3) is 0 Å². The maximum Gasteiger partial charge on any atom is 0.191 e. The van der Waals surface area contributed by atoms with E-state index in [-0.39, 0.29) is 18.4 Å². The molecule has 3 aromatic rings. The summed E-state index contributed by atoms with van der Waals surface area (Å²) in [6.45, 7) is 2.58. The molecule has 6 nitrogen and oxygen atoms in total. The zero-order chi connectivity index (χ0) is 20.6. The lowest BCUT2D eigenvalue weighted by molar-refractivity contribution is 0.154. The van der Waals surface area contributed by atoms with Crippen molar-refractivity contribution in [2.24, 2.45) is 0 Å². The number of thioether (sulfide) groups is 1. The van der Waals surface area contributed by atoms with Gasteiger partial charge in [-0.05, 0) is 36.8 Å². The third-order valence-corrected chi connectivity index (χ3v) is 5.24. The van der Waals surface area contributed by atoms with Gasteiger partial charge in [0, 0.05) is 12.9 Å². The van der Waals surface area contributed by atoms with Crippen molar-refractivity contribution in [1.82, 2.24) is 14.8 Å². The predicted molar refractivity (Wildman–Crippen MR) is 108 cm³/mol. The number of ether oxygens (including phenoxy) is 2. The lowest BCUT2D eigenvalue weighted by Gasteiger charge is -2.17. The molecule has 1 atom stereocenters. The van der Waals surface area contributed by atoms with Crippen molar-refractivity contribution in [3.63, 3.8) is 0 Å². The van der Waals surface area contributed by atoms with Gasteiger partial charge in [-0.2, -0.15) is 5.26 Å². The van der Waals surface area contributed by atoms with E-state index in [1.165, 1.54) is 17.8 Å². The van der Waals surface area contributed by atoms with Crippen LogP contribution >= 0.6 is 11.8 Å². The molecule has 0 saturated heterocycles. The minimum absolute atomic E-state index is 0.0160. The normalized spacial score (nSPS) is 11.8. The first-order valence-corrected chi connectivity index (χ1v) is 10.0. The molecule has 3 rings (SSSR count). The third kappa shape index (κ3) is 5.34. The second-order valence-electron chi connectivity index (χ2n) is 6.39. The van der Waals surface area contributed by atoms with Crippen LogP contribution < -0.4 is 4.74 Å². The first kappa shape index (κ1) is 20.8. The minimum Gasteiger partial charge on any atom is -0.483 e. The van der Waals surface area contributed by atoms with Crippen LogP contribution in [-0.4, -0.2) is 28.5 Å². The van der Waals surface area contributed by atoms with Gasteiger partial charge in [0.15, 0.2) is 22.5 Å². The number of hydrogen-bond acceptors (Lipinski definition) is 6. The number of nitrogens with zero attached hydrogens (tertiary/aromatic N) is 4. The fourth-order valence-corrected chi connectivity index (χ4v) is 3.80. The Labute approximate surface area is 173 Å². The zero-order valence-electron chi connectivity index (χ0n) is 16.2. The molecule has 150 valence electrons. The highest BCUT2D eigenvalue weighted by Crippen LogP contribution is 2.26. The monoisotopic (exact) mass is 412 g/mol. The van der Waals surface area contributed by atoms with E-state index in [1.807, 2.05) is 23.6 Å². The Morgan fingerprint density at radius 1 is 1.17 bits per heavy atom. The summed E-state index contributed by atoms with van der Waals surface area (Å²) in [5.41, 5.74) is 1.70. The molecule has 2 aromatic carbocycles. The van der Waals surface area contributed by atoms with Crippen molar-refractivity contribution in [1.29, 1.82) is 5.26 Å². The fourth-order valence-electron chi connectivity index (χ4n) is 2.79. The maximum absolute atomic E-state index is 13.8. The van der Waals surface area contributed by atoms with Crippen LogP contribution in [0.2, 0.25) is 0 Å². The Hall–Kier alpha value is -2.89. The molecule has 0 unspecified atom stereocenters. The van der Waals surface area contributed by atoms with Gasteiger partial charge in [-0.15, -0.1) is 10.2 Å². The second-order valence-corrected chi connectivity index (χ2v) is 7.33. The highest BCUT2D eigenvalue weighted by molar-refractivity contribution is 7.98. The number of halogens is 1. The van der Waals surface area contributed by atoms with Gasteiger partial charge in [-0.1, -0.05) is 36.0 Å². The van der Waals surface area contributed by atoms with E-state index >= 15 is 0 Å². The Kier molecular flexibility index (Phi) is 7.22. The van der Waals surface area contributed by atoms with Crippen molar-refractivity contribution in [2.75, 3.05) is 13.7 Å². The van der Waals surface area contributed by atoms with E-state index in [0.29, 0.717) is 23.7 Å². The van der Waals surface area contributed by atoms with Crippen LogP contribution in [0.3, 0.4) is 0 Å². The zero-order valence-corrected chi connectivity index (χ0v) is 17.0. The van der Waals surface area contributed by atoms with Crippen LogP contribution in [0.25, 0.3) is 0 Å². The quantitative estimate of drug-likeness (QED) is 0.486. The summed E-state index contributed by atoms with van der Waals surface area (Å²) in [5.74, 6) is 1.03. The summed E-state index contributed by atoms with van der Waals surface area (Å²) in [7, 11) is 1.64. The Morgan fingerprint density at radius 2 is 1.93 bits per heavy atom. The van der Waals surface area contributed by atoms with Crippen molar-refractivity contribution < 1.29 is 13.9 Å². The Morgan fingerprint density at radius 3 is 2.62 bits per heavy atom. The molecule has 8 heteroatoms. The summed E-state index contributed by atoms with van der Waals surface area (Å²) in [6, 6.07) is 15.8. The van der Waals surface area contributed by atoms with Crippen LogP contribution in [0.15, 0.2) is 53.7 Å². The van der Waals surface area contributed by atoms with Gasteiger partial charge in [0.2, 0.25) is 0 Å². The molecule has 29 heavy (non-hydrogen) atoms. The lowest BCUT2D eigenvalue weighted by atomic mass is 10.2. The van der Waals surface area contributed by atoms with Crippen molar-refractivity contribution in [2.45, 2.75) is 30.5 Å². The third-order valence-electron chi connectivity index (χ3n) is 4.23. The Bertz CT molecular complexity index is 985. The molecule has 0 N–H and O–H groups in total. The highest BCUT2D eigenvalue weighted by atomic mass is 32.2. The maximum atomic E-state index is 13.8. The summed E-state index contributed by atoms with van der Waals surface area (Å²) in [6.07, 6.45) is 0. The smallest absolute Gasteiger partial charge is 0.191 e. The standard InChI is InChI=1S/C21H21FN4O2S/c1-15(12-27-2)26-20(13-28-19-6-4-3-5-18(19)22)24-25-21(26)29-14-17-9-7-16(11-23)8-10-17/h3-10,15H,12-14H2,1-2H3/t15-/m0/s1. The van der Waals surface area contributed by atoms with E-state index in [2.05, 4.69) is 16.3 Å². The van der Waals surface area contributed by atoms with Crippen molar-refractivity contribution in [3.8, 4) is 11.8 Å². The van der Waals surface area contributed by atoms with Crippen LogP contribution in [-0.2, 0) is 17.1 Å². The van der Waals surface area contributed by atoms with Gasteiger partial charge < -0.3 is 9.47 Å². The molecule has 0 aliphatic rings. The number of benzene rings is 2. The van der Waals surface area contributed by atoms with E-state index in [4.69, 9.17) is 14.7 Å². The number of para-hydroxylation sites is 1. The van der Waals surface area contributed by atoms with Gasteiger partial charge >= 0.3 is 0 Å². The Balaban J connectivity index is 1.75. The van der Waals surface area contributed by atoms with E-state index in [0.717, 1.165) is 10.7 Å². The first-order chi connectivity index (χ1) is 14.1. The van der Waals surface area contributed by atoms with Crippen molar-refractivity contribution >= 4 is 11.8 Å². The van der Waals surface area contributed by atoms with Crippen LogP contribution in [0, 0.1) is 17.1 Å². The molecule has 1 aromatic heterocycles. The average molecular weight is 412 g/mol. The first-order valence-electron chi connectivity index (χ1n) is 9.04. The highest BCUT2D eigenvalue weighted by Gasteiger charge is 2.19. The number of rotatable bonds is 9. The van der Waals surface area contributed by atoms with E-state index in [9.17, 15) is 4.39 Å². The van der Waals surface area contributed by atoms with Crippen molar-refractivity contribution in [3.05, 3.63) is 71.3 Å². The van der Waals surface area contributed by atoms with Gasteiger partial charge in [-0.25, -0.2) is 4.39 Å². The second kappa shape index (κ2) is 10.0. The summed E-state index contributed by atoms with van der Waals surface area (Å²) in [5, 5.41) is 18.2. The molecule has 0 aliphatic carbocycles. The predicted octanol–water partition coefficient (Wildman–Crippen LogP) is 4.37. The molecule has 1 heterocycles. The number of methoxy groups -OCH3 is 1. The summed E-state index contributed by atoms with van der Waals surface area (Å²) in [4.78, 5) is 0. The minimum atomic E-state index is -0.418. The molecular formula is C21H21FN4O2S. The number of aromatic nitrogens is 3. The van der Waals surface area contributed by atoms with Crippen LogP contribution in [0.4, 0.5) is 4.39 Å².